The third-order valence-corrected chi connectivity index (χ3v) is 5.96. The lowest BCUT2D eigenvalue weighted by molar-refractivity contribution is -0.115. The Morgan fingerprint density at radius 3 is 2.35 bits per heavy atom. The van der Waals surface area contributed by atoms with Crippen LogP contribution in [0.2, 0.25) is 0 Å². The molecule has 2 aromatic carbocycles. The molecule has 0 bridgehead atoms. The standard InChI is InChI=1S/C25H33N5O/c1-3-12-30-23-11-10-21(26-25(31)4-2)17-22(23)27-24(30)19-29-15-13-28(14-16-29)18-20-8-6-5-7-9-20/h5-11,17H,3-4,12-16,18-19H2,1-2H3,(H,26,31). The maximum Gasteiger partial charge on any atom is 0.224 e. The van der Waals surface area contributed by atoms with Crippen LogP contribution in [0.3, 0.4) is 0 Å². The van der Waals surface area contributed by atoms with Crippen molar-refractivity contribution in [1.82, 2.24) is 19.4 Å². The van der Waals surface area contributed by atoms with Crippen molar-refractivity contribution < 1.29 is 4.79 Å². The van der Waals surface area contributed by atoms with E-state index < -0.39 is 0 Å². The summed E-state index contributed by atoms with van der Waals surface area (Å²) in [4.78, 5) is 21.8. The summed E-state index contributed by atoms with van der Waals surface area (Å²) in [6, 6.07) is 16.8. The zero-order valence-electron chi connectivity index (χ0n) is 18.7. The minimum absolute atomic E-state index is 0.0286. The van der Waals surface area contributed by atoms with E-state index in [2.05, 4.69) is 63.0 Å². The molecule has 1 aliphatic heterocycles. The van der Waals surface area contributed by atoms with E-state index in [0.717, 1.165) is 74.8 Å². The number of aryl methyl sites for hydroxylation is 1. The molecule has 1 aliphatic rings. The molecule has 6 heteroatoms. The van der Waals surface area contributed by atoms with Gasteiger partial charge in [0.1, 0.15) is 5.82 Å². The maximum absolute atomic E-state index is 11.7. The Labute approximate surface area is 184 Å². The van der Waals surface area contributed by atoms with Gasteiger partial charge in [0.15, 0.2) is 0 Å². The van der Waals surface area contributed by atoms with Gasteiger partial charge in [-0.15, -0.1) is 0 Å². The van der Waals surface area contributed by atoms with Gasteiger partial charge in [0.2, 0.25) is 5.91 Å². The molecular formula is C25H33N5O. The Kier molecular flexibility index (Phi) is 6.99. The van der Waals surface area contributed by atoms with Gasteiger partial charge in [-0.3, -0.25) is 14.6 Å². The molecule has 0 unspecified atom stereocenters. The molecule has 3 aromatic rings. The quantitative estimate of drug-likeness (QED) is 0.597. The van der Waals surface area contributed by atoms with E-state index in [9.17, 15) is 4.79 Å². The molecule has 4 rings (SSSR count). The second kappa shape index (κ2) is 10.1. The first-order valence-corrected chi connectivity index (χ1v) is 11.4. The SMILES string of the molecule is CCCn1c(CN2CCN(Cc3ccccc3)CC2)nc2cc(NC(=O)CC)ccc21. The predicted molar refractivity (Wildman–Crippen MR) is 126 cm³/mol. The molecule has 1 N–H and O–H groups in total. The number of hydrogen-bond acceptors (Lipinski definition) is 4. The molecule has 1 amide bonds. The van der Waals surface area contributed by atoms with Crippen molar-refractivity contribution >= 4 is 22.6 Å². The van der Waals surface area contributed by atoms with Gasteiger partial charge < -0.3 is 9.88 Å². The summed E-state index contributed by atoms with van der Waals surface area (Å²) in [5, 5.41) is 2.95. The zero-order chi connectivity index (χ0) is 21.6. The smallest absolute Gasteiger partial charge is 0.224 e. The lowest BCUT2D eigenvalue weighted by atomic mass is 10.2. The first kappa shape index (κ1) is 21.5. The van der Waals surface area contributed by atoms with Crippen LogP contribution in [0.15, 0.2) is 48.5 Å². The van der Waals surface area contributed by atoms with E-state index in [1.54, 1.807) is 0 Å². The van der Waals surface area contributed by atoms with Gasteiger partial charge in [-0.2, -0.15) is 0 Å². The number of carbonyl (C=O) groups excluding carboxylic acids is 1. The van der Waals surface area contributed by atoms with Gasteiger partial charge in [-0.1, -0.05) is 44.2 Å². The van der Waals surface area contributed by atoms with Crippen LogP contribution in [-0.4, -0.2) is 51.4 Å². The molecule has 0 spiro atoms. The van der Waals surface area contributed by atoms with Gasteiger partial charge in [-0.05, 0) is 30.2 Å². The van der Waals surface area contributed by atoms with Crippen LogP contribution in [0.5, 0.6) is 0 Å². The number of rotatable bonds is 8. The summed E-state index contributed by atoms with van der Waals surface area (Å²) in [6.07, 6.45) is 1.54. The number of nitrogens with zero attached hydrogens (tertiary/aromatic N) is 4. The molecular weight excluding hydrogens is 386 g/mol. The largest absolute Gasteiger partial charge is 0.327 e. The van der Waals surface area contributed by atoms with E-state index in [0.29, 0.717) is 6.42 Å². The van der Waals surface area contributed by atoms with Gasteiger partial charge in [0.05, 0.1) is 17.6 Å². The molecule has 6 nitrogen and oxygen atoms in total. The van der Waals surface area contributed by atoms with Crippen LogP contribution < -0.4 is 5.32 Å². The summed E-state index contributed by atoms with van der Waals surface area (Å²) in [6.45, 7) is 11.2. The van der Waals surface area contributed by atoms with Crippen molar-refractivity contribution in [2.75, 3.05) is 31.5 Å². The normalized spacial score (nSPS) is 15.4. The molecule has 0 atom stereocenters. The molecule has 2 heterocycles. The second-order valence-corrected chi connectivity index (χ2v) is 8.32. The van der Waals surface area contributed by atoms with Gasteiger partial charge in [0, 0.05) is 51.4 Å². The third kappa shape index (κ3) is 5.32. The van der Waals surface area contributed by atoms with Crippen LogP contribution in [-0.2, 0) is 24.4 Å². The highest BCUT2D eigenvalue weighted by Gasteiger charge is 2.20. The van der Waals surface area contributed by atoms with Gasteiger partial charge >= 0.3 is 0 Å². The summed E-state index contributed by atoms with van der Waals surface area (Å²) < 4.78 is 2.34. The van der Waals surface area contributed by atoms with Crippen LogP contribution in [0.4, 0.5) is 5.69 Å². The maximum atomic E-state index is 11.7. The lowest BCUT2D eigenvalue weighted by Gasteiger charge is -2.34. The number of anilines is 1. The molecule has 1 aromatic heterocycles. The molecule has 1 saturated heterocycles. The highest BCUT2D eigenvalue weighted by molar-refractivity contribution is 5.92. The number of carbonyl (C=O) groups is 1. The Balaban J connectivity index is 1.43. The Hall–Kier alpha value is -2.70. The fraction of sp³-hybridized carbons (Fsp3) is 0.440. The predicted octanol–water partition coefficient (Wildman–Crippen LogP) is 4.11. The zero-order valence-corrected chi connectivity index (χ0v) is 18.7. The van der Waals surface area contributed by atoms with Crippen molar-refractivity contribution in [3.63, 3.8) is 0 Å². The molecule has 0 aliphatic carbocycles. The number of aromatic nitrogens is 2. The first-order valence-electron chi connectivity index (χ1n) is 11.4. The van der Waals surface area contributed by atoms with E-state index in [1.165, 1.54) is 5.56 Å². The summed E-state index contributed by atoms with van der Waals surface area (Å²) in [5.41, 5.74) is 4.31. The van der Waals surface area contributed by atoms with Crippen molar-refractivity contribution in [3.05, 3.63) is 59.9 Å². The van der Waals surface area contributed by atoms with E-state index in [4.69, 9.17) is 4.98 Å². The monoisotopic (exact) mass is 419 g/mol. The third-order valence-electron chi connectivity index (χ3n) is 5.96. The van der Waals surface area contributed by atoms with Crippen molar-refractivity contribution in [3.8, 4) is 0 Å². The summed E-state index contributed by atoms with van der Waals surface area (Å²) >= 11 is 0. The number of amides is 1. The van der Waals surface area contributed by atoms with Crippen molar-refractivity contribution in [2.45, 2.75) is 46.3 Å². The Bertz CT molecular complexity index is 1010. The fourth-order valence-corrected chi connectivity index (χ4v) is 4.25. The molecule has 0 saturated carbocycles. The number of imidazole rings is 1. The fourth-order valence-electron chi connectivity index (χ4n) is 4.25. The number of fused-ring (bicyclic) bond motifs is 1. The van der Waals surface area contributed by atoms with Crippen LogP contribution >= 0.6 is 0 Å². The molecule has 31 heavy (non-hydrogen) atoms. The average Bonchev–Trinajstić information content (AvgIpc) is 3.12. The number of nitrogens with one attached hydrogen (secondary N) is 1. The number of piperazine rings is 1. The minimum Gasteiger partial charge on any atom is -0.327 e. The van der Waals surface area contributed by atoms with E-state index >= 15 is 0 Å². The number of benzene rings is 2. The second-order valence-electron chi connectivity index (χ2n) is 8.32. The van der Waals surface area contributed by atoms with Crippen molar-refractivity contribution in [2.24, 2.45) is 0 Å². The van der Waals surface area contributed by atoms with E-state index in [1.807, 2.05) is 19.1 Å². The highest BCUT2D eigenvalue weighted by Crippen LogP contribution is 2.23. The Morgan fingerprint density at radius 2 is 1.68 bits per heavy atom. The topological polar surface area (TPSA) is 53.4 Å². The molecule has 1 fully saturated rings. The minimum atomic E-state index is 0.0286. The molecule has 0 radical (unpaired) electrons. The van der Waals surface area contributed by atoms with Gasteiger partial charge in [0.25, 0.3) is 0 Å². The van der Waals surface area contributed by atoms with Gasteiger partial charge in [-0.25, -0.2) is 4.98 Å². The molecule has 164 valence electrons. The average molecular weight is 420 g/mol. The van der Waals surface area contributed by atoms with Crippen LogP contribution in [0.25, 0.3) is 11.0 Å². The highest BCUT2D eigenvalue weighted by atomic mass is 16.1. The van der Waals surface area contributed by atoms with E-state index in [-0.39, 0.29) is 5.91 Å². The Morgan fingerprint density at radius 1 is 0.968 bits per heavy atom. The summed E-state index contributed by atoms with van der Waals surface area (Å²) in [7, 11) is 0. The lowest BCUT2D eigenvalue weighted by Crippen LogP contribution is -2.45. The van der Waals surface area contributed by atoms with Crippen LogP contribution in [0.1, 0.15) is 38.1 Å². The first-order chi connectivity index (χ1) is 15.2. The van der Waals surface area contributed by atoms with Crippen LogP contribution in [0, 0.1) is 0 Å². The summed E-state index contributed by atoms with van der Waals surface area (Å²) in [5.74, 6) is 1.15. The number of hydrogen-bond donors (Lipinski definition) is 1. The van der Waals surface area contributed by atoms with Crippen molar-refractivity contribution in [1.29, 1.82) is 0 Å².